The largest absolute Gasteiger partial charge is 0.379 e. The van der Waals surface area contributed by atoms with E-state index in [0.29, 0.717) is 23.6 Å². The predicted molar refractivity (Wildman–Crippen MR) is 75.8 cm³/mol. The fourth-order valence-electron chi connectivity index (χ4n) is 2.53. The van der Waals surface area contributed by atoms with Gasteiger partial charge in [0.25, 0.3) is 5.56 Å². The van der Waals surface area contributed by atoms with Crippen molar-refractivity contribution < 1.29 is 4.74 Å². The van der Waals surface area contributed by atoms with Crippen LogP contribution in [0, 0.1) is 5.92 Å². The second kappa shape index (κ2) is 5.36. The number of rotatable bonds is 4. The summed E-state index contributed by atoms with van der Waals surface area (Å²) < 4.78 is 7.24. The SMILES string of the molecule is CCC(C)Cc1nc2c(cnn2C2CCOC2)c(=O)[nH]1. The molecule has 0 aliphatic carbocycles. The van der Waals surface area contributed by atoms with Crippen molar-refractivity contribution in [2.45, 2.75) is 39.2 Å². The lowest BCUT2D eigenvalue weighted by Gasteiger charge is -2.11. The van der Waals surface area contributed by atoms with Gasteiger partial charge in [-0.1, -0.05) is 20.3 Å². The highest BCUT2D eigenvalue weighted by Gasteiger charge is 2.22. The molecule has 6 nitrogen and oxygen atoms in total. The van der Waals surface area contributed by atoms with E-state index < -0.39 is 0 Å². The van der Waals surface area contributed by atoms with Crippen LogP contribution in [0.3, 0.4) is 0 Å². The lowest BCUT2D eigenvalue weighted by molar-refractivity contribution is 0.185. The zero-order chi connectivity index (χ0) is 14.1. The number of H-pyrrole nitrogens is 1. The van der Waals surface area contributed by atoms with E-state index in [1.165, 1.54) is 0 Å². The first-order chi connectivity index (χ1) is 9.69. The number of nitrogens with one attached hydrogen (secondary N) is 1. The summed E-state index contributed by atoms with van der Waals surface area (Å²) in [6.45, 7) is 5.69. The van der Waals surface area contributed by atoms with Gasteiger partial charge in [0.2, 0.25) is 0 Å². The van der Waals surface area contributed by atoms with Gasteiger partial charge >= 0.3 is 0 Å². The Balaban J connectivity index is 2.03. The fraction of sp³-hybridized carbons (Fsp3) is 0.643. The van der Waals surface area contributed by atoms with Crippen LogP contribution in [0.5, 0.6) is 0 Å². The minimum atomic E-state index is -0.0986. The molecule has 3 rings (SSSR count). The summed E-state index contributed by atoms with van der Waals surface area (Å²) in [5.41, 5.74) is 0.584. The molecule has 108 valence electrons. The first-order valence-electron chi connectivity index (χ1n) is 7.23. The Bertz CT molecular complexity index is 655. The van der Waals surface area contributed by atoms with Crippen molar-refractivity contribution in [2.24, 2.45) is 5.92 Å². The van der Waals surface area contributed by atoms with Crippen molar-refractivity contribution in [3.05, 3.63) is 22.4 Å². The van der Waals surface area contributed by atoms with Gasteiger partial charge in [0.15, 0.2) is 5.65 Å². The van der Waals surface area contributed by atoms with Crippen molar-refractivity contribution in [1.82, 2.24) is 19.7 Å². The van der Waals surface area contributed by atoms with Crippen LogP contribution >= 0.6 is 0 Å². The summed E-state index contributed by atoms with van der Waals surface area (Å²) in [6, 6.07) is 0.193. The molecule has 0 aromatic carbocycles. The van der Waals surface area contributed by atoms with Gasteiger partial charge in [0, 0.05) is 13.0 Å². The number of ether oxygens (including phenoxy) is 1. The second-order valence-electron chi connectivity index (χ2n) is 5.57. The van der Waals surface area contributed by atoms with Gasteiger partial charge in [-0.25, -0.2) is 9.67 Å². The Morgan fingerprint density at radius 1 is 1.60 bits per heavy atom. The lowest BCUT2D eigenvalue weighted by atomic mass is 10.1. The lowest BCUT2D eigenvalue weighted by Crippen LogP contribution is -2.16. The average molecular weight is 276 g/mol. The Kier molecular flexibility index (Phi) is 3.56. The van der Waals surface area contributed by atoms with Crippen molar-refractivity contribution in [3.63, 3.8) is 0 Å². The topological polar surface area (TPSA) is 72.8 Å². The molecule has 1 N–H and O–H groups in total. The van der Waals surface area contributed by atoms with Crippen LogP contribution < -0.4 is 5.56 Å². The van der Waals surface area contributed by atoms with Crippen LogP contribution in [0.1, 0.15) is 38.6 Å². The Morgan fingerprint density at radius 2 is 2.45 bits per heavy atom. The van der Waals surface area contributed by atoms with E-state index in [9.17, 15) is 4.79 Å². The molecule has 1 aliphatic heterocycles. The maximum Gasteiger partial charge on any atom is 0.262 e. The number of hydrogen-bond donors (Lipinski definition) is 1. The third kappa shape index (κ3) is 2.35. The number of hydrogen-bond acceptors (Lipinski definition) is 4. The fourth-order valence-corrected chi connectivity index (χ4v) is 2.53. The van der Waals surface area contributed by atoms with Gasteiger partial charge in [0.05, 0.1) is 18.8 Å². The number of aromatic nitrogens is 4. The van der Waals surface area contributed by atoms with Crippen LogP contribution in [0.25, 0.3) is 11.0 Å². The van der Waals surface area contributed by atoms with Crippen LogP contribution in [0.15, 0.2) is 11.0 Å². The molecule has 1 fully saturated rings. The van der Waals surface area contributed by atoms with E-state index in [1.54, 1.807) is 6.20 Å². The molecule has 1 aliphatic rings. The normalized spacial score (nSPS) is 20.6. The highest BCUT2D eigenvalue weighted by molar-refractivity contribution is 5.73. The van der Waals surface area contributed by atoms with E-state index in [-0.39, 0.29) is 11.6 Å². The van der Waals surface area contributed by atoms with E-state index in [4.69, 9.17) is 4.74 Å². The maximum atomic E-state index is 12.1. The van der Waals surface area contributed by atoms with Crippen LogP contribution in [0.2, 0.25) is 0 Å². The Morgan fingerprint density at radius 3 is 3.15 bits per heavy atom. The molecule has 6 heteroatoms. The molecule has 20 heavy (non-hydrogen) atoms. The van der Waals surface area contributed by atoms with Gasteiger partial charge in [-0.3, -0.25) is 4.79 Å². The van der Waals surface area contributed by atoms with E-state index in [2.05, 4.69) is 28.9 Å². The summed E-state index contributed by atoms with van der Waals surface area (Å²) >= 11 is 0. The maximum absolute atomic E-state index is 12.1. The molecule has 2 aromatic rings. The first kappa shape index (κ1) is 13.3. The van der Waals surface area contributed by atoms with E-state index in [1.807, 2.05) is 4.68 Å². The van der Waals surface area contributed by atoms with Gasteiger partial charge in [-0.15, -0.1) is 0 Å². The predicted octanol–water partition coefficient (Wildman–Crippen LogP) is 1.67. The first-order valence-corrected chi connectivity index (χ1v) is 7.23. The quantitative estimate of drug-likeness (QED) is 0.922. The molecular weight excluding hydrogens is 256 g/mol. The summed E-state index contributed by atoms with van der Waals surface area (Å²) in [5, 5.41) is 4.89. The third-order valence-electron chi connectivity index (χ3n) is 4.00. The van der Waals surface area contributed by atoms with Gasteiger partial charge in [0.1, 0.15) is 11.2 Å². The number of fused-ring (bicyclic) bond motifs is 1. The smallest absolute Gasteiger partial charge is 0.262 e. The van der Waals surface area contributed by atoms with Gasteiger partial charge < -0.3 is 9.72 Å². The van der Waals surface area contributed by atoms with Crippen LogP contribution in [0.4, 0.5) is 0 Å². The number of aromatic amines is 1. The Hall–Kier alpha value is -1.69. The highest BCUT2D eigenvalue weighted by atomic mass is 16.5. The second-order valence-corrected chi connectivity index (χ2v) is 5.57. The molecular formula is C14H20N4O2. The zero-order valence-corrected chi connectivity index (χ0v) is 11.9. The van der Waals surface area contributed by atoms with Crippen molar-refractivity contribution in [3.8, 4) is 0 Å². The summed E-state index contributed by atoms with van der Waals surface area (Å²) in [5.74, 6) is 1.25. The molecule has 0 amide bonds. The minimum Gasteiger partial charge on any atom is -0.379 e. The minimum absolute atomic E-state index is 0.0986. The average Bonchev–Trinajstić information content (AvgIpc) is 3.06. The summed E-state index contributed by atoms with van der Waals surface area (Å²) in [4.78, 5) is 19.6. The standard InChI is InChI=1S/C14H20N4O2/c1-3-9(2)6-12-16-13-11(14(19)17-12)7-15-18(13)10-4-5-20-8-10/h7,9-10H,3-6,8H2,1-2H3,(H,16,17,19). The highest BCUT2D eigenvalue weighted by Crippen LogP contribution is 2.21. The van der Waals surface area contributed by atoms with Crippen LogP contribution in [-0.4, -0.2) is 33.0 Å². The third-order valence-corrected chi connectivity index (χ3v) is 4.00. The molecule has 3 heterocycles. The number of nitrogens with zero attached hydrogens (tertiary/aromatic N) is 3. The molecule has 2 atom stereocenters. The Labute approximate surface area is 117 Å². The van der Waals surface area contributed by atoms with Gasteiger partial charge in [-0.2, -0.15) is 5.10 Å². The summed E-state index contributed by atoms with van der Waals surface area (Å²) in [7, 11) is 0. The van der Waals surface area contributed by atoms with Crippen molar-refractivity contribution in [1.29, 1.82) is 0 Å². The van der Waals surface area contributed by atoms with Crippen LogP contribution in [-0.2, 0) is 11.2 Å². The summed E-state index contributed by atoms with van der Waals surface area (Å²) in [6.07, 6.45) is 4.38. The molecule has 0 radical (unpaired) electrons. The molecule has 0 spiro atoms. The van der Waals surface area contributed by atoms with Gasteiger partial charge in [-0.05, 0) is 12.3 Å². The molecule has 2 aromatic heterocycles. The molecule has 0 bridgehead atoms. The van der Waals surface area contributed by atoms with Crippen molar-refractivity contribution in [2.75, 3.05) is 13.2 Å². The molecule has 0 saturated carbocycles. The van der Waals surface area contributed by atoms with Crippen molar-refractivity contribution >= 4 is 11.0 Å². The van der Waals surface area contributed by atoms with E-state index in [0.717, 1.165) is 31.7 Å². The monoisotopic (exact) mass is 276 g/mol. The molecule has 1 saturated heterocycles. The van der Waals surface area contributed by atoms with E-state index >= 15 is 0 Å². The molecule has 2 unspecified atom stereocenters. The zero-order valence-electron chi connectivity index (χ0n) is 11.9.